The zero-order valence-electron chi connectivity index (χ0n) is 45.8. The van der Waals surface area contributed by atoms with E-state index in [0.29, 0.717) is 6.61 Å². The Labute approximate surface area is 472 Å². The molecule has 0 radical (unpaired) electrons. The topological polar surface area (TPSA) is 141 Å². The summed E-state index contributed by atoms with van der Waals surface area (Å²) >= 11 is 0. The number of nitrogens with zero attached hydrogens (tertiary/aromatic N) is 3. The molecule has 0 aromatic heterocycles. The van der Waals surface area contributed by atoms with Crippen LogP contribution in [-0.4, -0.2) is 89.5 Å². The van der Waals surface area contributed by atoms with Crippen LogP contribution < -0.4 is 10.4 Å². The van der Waals surface area contributed by atoms with E-state index in [-0.39, 0.29) is 46.2 Å². The minimum atomic E-state index is -3.41. The fourth-order valence-electron chi connectivity index (χ4n) is 10.6. The maximum absolute atomic E-state index is 10.7. The molecule has 10 atom stereocenters. The van der Waals surface area contributed by atoms with Crippen LogP contribution in [-0.2, 0) is 80.1 Å². The first-order valence-electron chi connectivity index (χ1n) is 27.5. The Hall–Kier alpha value is -6.59. The van der Waals surface area contributed by atoms with Gasteiger partial charge in [0.25, 0.3) is 8.32 Å². The van der Waals surface area contributed by atoms with Crippen molar-refractivity contribution in [2.75, 3.05) is 19.8 Å². The first kappa shape index (κ1) is 58.1. The number of ether oxygens (including phenoxy) is 9. The van der Waals surface area contributed by atoms with Crippen LogP contribution in [0.3, 0.4) is 0 Å². The Kier molecular flexibility index (Phi) is 21.2. The van der Waals surface area contributed by atoms with E-state index < -0.39 is 74.7 Å². The van der Waals surface area contributed by atoms with Gasteiger partial charge in [0.15, 0.2) is 12.6 Å². The molecule has 0 aliphatic carbocycles. The standard InChI is InChI=1S/C66H73N3O10Si/c1-5-41-72-62-59(73-44-51-31-17-8-18-32-51)56(47-70-42-49-27-13-6-14-28-49)77-65(63(62)75-46-53-35-21-10-22-36-53)78-60-57(48-71-43-50-29-15-7-16-30-50)76-64(58(68-69-67)61(60)74-45-52-33-19-9-20-34-52)79-80(66(2,3)4,54-37-23-11-24-38-54)55-39-25-12-26-40-55/h5-40,56-65H,1,41-48H2,2-4H3/t56-,57-,58-,59+,60-,61-,62+,63-,64+,65+/m1/s1. The van der Waals surface area contributed by atoms with Gasteiger partial charge in [0, 0.05) is 4.91 Å². The van der Waals surface area contributed by atoms with E-state index in [1.165, 1.54) is 0 Å². The molecule has 9 rings (SSSR count). The van der Waals surface area contributed by atoms with Crippen LogP contribution in [0.1, 0.15) is 48.6 Å². The molecule has 0 bridgehead atoms. The quantitative estimate of drug-likeness (QED) is 0.0161. The van der Waals surface area contributed by atoms with Gasteiger partial charge in [0.2, 0.25) is 0 Å². The van der Waals surface area contributed by atoms with Gasteiger partial charge in [-0.1, -0.05) is 244 Å². The third kappa shape index (κ3) is 15.0. The van der Waals surface area contributed by atoms with Crippen molar-refractivity contribution in [2.45, 2.75) is 120 Å². The van der Waals surface area contributed by atoms with Crippen molar-refractivity contribution in [2.24, 2.45) is 5.11 Å². The van der Waals surface area contributed by atoms with Gasteiger partial charge >= 0.3 is 0 Å². The highest BCUT2D eigenvalue weighted by atomic mass is 28.4. The van der Waals surface area contributed by atoms with Crippen molar-refractivity contribution in [3.8, 4) is 0 Å². The van der Waals surface area contributed by atoms with E-state index >= 15 is 0 Å². The zero-order valence-corrected chi connectivity index (χ0v) is 46.8. The SMILES string of the molecule is C=CCO[C@H]1[C@@H](OCc2ccccc2)[C@@H](COCc2ccccc2)O[C@@H](O[C@H]2[C@H](OCc3ccccc3)[C@@H](N=[N+]=[N-])[C@H](O[Si](c3ccccc3)(c3ccccc3)C(C)(C)C)O[C@@H]2COCc2ccccc2)[C@@H]1OCc1ccccc1. The predicted octanol–water partition coefficient (Wildman–Crippen LogP) is 11.8. The lowest BCUT2D eigenvalue weighted by molar-refractivity contribution is -0.360. The molecule has 0 amide bonds. The molecule has 7 aromatic carbocycles. The number of azide groups is 1. The molecule has 0 spiro atoms. The Morgan fingerprint density at radius 1 is 0.475 bits per heavy atom. The largest absolute Gasteiger partial charge is 0.382 e. The maximum atomic E-state index is 10.7. The van der Waals surface area contributed by atoms with E-state index in [0.717, 1.165) is 38.2 Å². The Morgan fingerprint density at radius 2 is 0.850 bits per heavy atom. The van der Waals surface area contributed by atoms with Crippen molar-refractivity contribution in [3.63, 3.8) is 0 Å². The third-order valence-corrected chi connectivity index (χ3v) is 19.4. The van der Waals surface area contributed by atoms with Gasteiger partial charge in [-0.2, -0.15) is 0 Å². The summed E-state index contributed by atoms with van der Waals surface area (Å²) in [5.41, 5.74) is 15.5. The number of benzene rings is 7. The molecular formula is C66H73N3O10Si. The Balaban J connectivity index is 1.16. The summed E-state index contributed by atoms with van der Waals surface area (Å²) < 4.78 is 71.0. The molecule has 2 heterocycles. The minimum Gasteiger partial charge on any atom is -0.382 e. The summed E-state index contributed by atoms with van der Waals surface area (Å²) in [5.74, 6) is 0. The van der Waals surface area contributed by atoms with Gasteiger partial charge < -0.3 is 47.1 Å². The van der Waals surface area contributed by atoms with Gasteiger partial charge in [-0.25, -0.2) is 0 Å². The van der Waals surface area contributed by atoms with Crippen LogP contribution in [0, 0.1) is 0 Å². The molecule has 7 aromatic rings. The molecule has 0 N–H and O–H groups in total. The lowest BCUT2D eigenvalue weighted by Gasteiger charge is -2.52. The lowest BCUT2D eigenvalue weighted by Crippen LogP contribution is -2.71. The molecule has 13 nitrogen and oxygen atoms in total. The fraction of sp³-hybridized carbons (Fsp3) is 0.333. The summed E-state index contributed by atoms with van der Waals surface area (Å²) in [7, 11) is -3.41. The second-order valence-electron chi connectivity index (χ2n) is 21.0. The predicted molar refractivity (Wildman–Crippen MR) is 311 cm³/mol. The number of rotatable bonds is 27. The van der Waals surface area contributed by atoms with Crippen LogP contribution in [0.15, 0.2) is 230 Å². The van der Waals surface area contributed by atoms with Crippen molar-refractivity contribution >= 4 is 18.7 Å². The average molecular weight is 1100 g/mol. The highest BCUT2D eigenvalue weighted by Gasteiger charge is 2.58. The number of hydrogen-bond acceptors (Lipinski definition) is 11. The van der Waals surface area contributed by atoms with Crippen LogP contribution in [0.4, 0.5) is 0 Å². The summed E-state index contributed by atoms with van der Waals surface area (Å²) in [4.78, 5) is 3.51. The highest BCUT2D eigenvalue weighted by molar-refractivity contribution is 6.99. The zero-order chi connectivity index (χ0) is 55.4. The Bertz CT molecular complexity index is 2900. The van der Waals surface area contributed by atoms with Gasteiger partial charge in [0.1, 0.15) is 48.8 Å². The molecule has 0 unspecified atom stereocenters. The van der Waals surface area contributed by atoms with Gasteiger partial charge in [0.05, 0.1) is 52.9 Å². The fourth-order valence-corrected chi connectivity index (χ4v) is 15.1. The normalized spacial score (nSPS) is 23.2. The van der Waals surface area contributed by atoms with Gasteiger partial charge in [-0.15, -0.1) is 6.58 Å². The van der Waals surface area contributed by atoms with E-state index in [4.69, 9.17) is 47.1 Å². The van der Waals surface area contributed by atoms with E-state index in [9.17, 15) is 5.53 Å². The van der Waals surface area contributed by atoms with E-state index in [1.807, 2.05) is 188 Å². The highest BCUT2D eigenvalue weighted by Crippen LogP contribution is 2.42. The van der Waals surface area contributed by atoms with Crippen molar-refractivity contribution in [1.29, 1.82) is 0 Å². The van der Waals surface area contributed by atoms with Crippen molar-refractivity contribution in [3.05, 3.63) is 263 Å². The van der Waals surface area contributed by atoms with Crippen molar-refractivity contribution in [1.82, 2.24) is 0 Å². The van der Waals surface area contributed by atoms with Crippen molar-refractivity contribution < 1.29 is 47.1 Å². The molecule has 2 aliphatic heterocycles. The molecule has 2 saturated heterocycles. The molecule has 14 heteroatoms. The van der Waals surface area contributed by atoms with Crippen LogP contribution in [0.2, 0.25) is 5.04 Å². The molecule has 416 valence electrons. The summed E-state index contributed by atoms with van der Waals surface area (Å²) in [6.45, 7) is 12.0. The second-order valence-corrected chi connectivity index (χ2v) is 25.3. The lowest BCUT2D eigenvalue weighted by atomic mass is 9.95. The van der Waals surface area contributed by atoms with Crippen LogP contribution in [0.25, 0.3) is 10.4 Å². The summed E-state index contributed by atoms with van der Waals surface area (Å²) in [5, 5.41) is 6.13. The van der Waals surface area contributed by atoms with Crippen LogP contribution in [0.5, 0.6) is 0 Å². The minimum absolute atomic E-state index is 0.0133. The molecule has 0 saturated carbocycles. The monoisotopic (exact) mass is 1100 g/mol. The second kappa shape index (κ2) is 29.2. The van der Waals surface area contributed by atoms with E-state index in [1.54, 1.807) is 6.08 Å². The average Bonchev–Trinajstić information content (AvgIpc) is 3.43. The molecule has 80 heavy (non-hydrogen) atoms. The smallest absolute Gasteiger partial charge is 0.264 e. The summed E-state index contributed by atoms with van der Waals surface area (Å²) in [6.07, 6.45) is -6.89. The van der Waals surface area contributed by atoms with Crippen LogP contribution >= 0.6 is 0 Å². The van der Waals surface area contributed by atoms with Gasteiger partial charge in [-0.3, -0.25) is 0 Å². The molecule has 2 aliphatic rings. The number of hydrogen-bond donors (Lipinski definition) is 0. The first-order valence-corrected chi connectivity index (χ1v) is 29.4. The maximum Gasteiger partial charge on any atom is 0.264 e. The summed E-state index contributed by atoms with van der Waals surface area (Å²) in [6, 6.07) is 69.1. The Morgan fingerprint density at radius 3 is 1.26 bits per heavy atom. The molecular weight excluding hydrogens is 1020 g/mol. The first-order chi connectivity index (χ1) is 39.2. The molecule has 2 fully saturated rings. The van der Waals surface area contributed by atoms with E-state index in [2.05, 4.69) is 61.6 Å². The third-order valence-electron chi connectivity index (χ3n) is 14.4. The van der Waals surface area contributed by atoms with Gasteiger partial charge in [-0.05, 0) is 48.8 Å².